The van der Waals surface area contributed by atoms with Crippen molar-refractivity contribution in [2.45, 2.75) is 12.5 Å². The van der Waals surface area contributed by atoms with E-state index in [2.05, 4.69) is 10.1 Å². The molecule has 0 saturated carbocycles. The van der Waals surface area contributed by atoms with Crippen LogP contribution in [0.25, 0.3) is 0 Å². The van der Waals surface area contributed by atoms with E-state index in [-0.39, 0.29) is 5.82 Å². The van der Waals surface area contributed by atoms with Crippen LogP contribution in [0.1, 0.15) is 5.56 Å². The van der Waals surface area contributed by atoms with Crippen LogP contribution in [0.5, 0.6) is 0 Å². The van der Waals surface area contributed by atoms with Crippen LogP contribution < -0.4 is 5.32 Å². The molecular formula is C10H8FNO3. The zero-order chi connectivity index (χ0) is 10.8. The van der Waals surface area contributed by atoms with Gasteiger partial charge in [-0.05, 0) is 17.7 Å². The van der Waals surface area contributed by atoms with Crippen molar-refractivity contribution in [3.63, 3.8) is 0 Å². The zero-order valence-electron chi connectivity index (χ0n) is 7.70. The number of benzene rings is 1. The minimum Gasteiger partial charge on any atom is -0.375 e. The fraction of sp³-hybridized carbons (Fsp3) is 0.200. The van der Waals surface area contributed by atoms with Crippen molar-refractivity contribution in [3.05, 3.63) is 35.6 Å². The predicted octanol–water partition coefficient (Wildman–Crippen LogP) is 1.00. The van der Waals surface area contributed by atoms with Gasteiger partial charge in [-0.15, -0.1) is 0 Å². The lowest BCUT2D eigenvalue weighted by atomic mass is 10.1. The van der Waals surface area contributed by atoms with E-state index in [0.29, 0.717) is 6.42 Å². The van der Waals surface area contributed by atoms with E-state index in [1.807, 2.05) is 0 Å². The van der Waals surface area contributed by atoms with Gasteiger partial charge in [-0.2, -0.15) is 0 Å². The van der Waals surface area contributed by atoms with Crippen molar-refractivity contribution in [1.29, 1.82) is 0 Å². The van der Waals surface area contributed by atoms with Gasteiger partial charge in [-0.3, -0.25) is 0 Å². The number of carbonyl (C=O) groups is 2. The number of hydrogen-bond donors (Lipinski definition) is 1. The summed E-state index contributed by atoms with van der Waals surface area (Å²) in [4.78, 5) is 21.8. The lowest BCUT2D eigenvalue weighted by Gasteiger charge is -2.04. The highest BCUT2D eigenvalue weighted by Crippen LogP contribution is 2.09. The number of nitrogens with one attached hydrogen (secondary N) is 1. The summed E-state index contributed by atoms with van der Waals surface area (Å²) < 4.78 is 16.9. The van der Waals surface area contributed by atoms with E-state index in [1.165, 1.54) is 12.1 Å². The molecule has 1 amide bonds. The minimum absolute atomic E-state index is 0.310. The summed E-state index contributed by atoms with van der Waals surface area (Å²) in [5.74, 6) is -0.930. The van der Waals surface area contributed by atoms with E-state index < -0.39 is 18.1 Å². The number of alkyl carbamates (subject to hydrolysis) is 1. The van der Waals surface area contributed by atoms with Crippen LogP contribution in [-0.2, 0) is 16.0 Å². The SMILES string of the molecule is O=C1NC(Cc2ccc(F)cc2)C(=O)O1. The second kappa shape index (κ2) is 3.68. The molecule has 0 radical (unpaired) electrons. The Labute approximate surface area is 85.0 Å². The highest BCUT2D eigenvalue weighted by atomic mass is 19.1. The maximum absolute atomic E-state index is 12.6. The molecule has 0 aliphatic carbocycles. The topological polar surface area (TPSA) is 55.4 Å². The number of hydrogen-bond acceptors (Lipinski definition) is 3. The second-order valence-corrected chi connectivity index (χ2v) is 3.24. The molecule has 0 spiro atoms. The molecular weight excluding hydrogens is 201 g/mol. The highest BCUT2D eigenvalue weighted by Gasteiger charge is 2.32. The summed E-state index contributed by atoms with van der Waals surface area (Å²) in [5.41, 5.74) is 0.764. The maximum Gasteiger partial charge on any atom is 0.415 e. The average Bonchev–Trinajstić information content (AvgIpc) is 2.49. The monoisotopic (exact) mass is 209 g/mol. The number of amides is 1. The van der Waals surface area contributed by atoms with Crippen molar-refractivity contribution in [3.8, 4) is 0 Å². The third-order valence-electron chi connectivity index (χ3n) is 2.12. The molecule has 1 aliphatic heterocycles. The largest absolute Gasteiger partial charge is 0.415 e. The Bertz CT molecular complexity index is 402. The summed E-state index contributed by atoms with van der Waals surface area (Å²) in [5, 5.41) is 2.36. The number of esters is 1. The standard InChI is InChI=1S/C10H8FNO3/c11-7-3-1-6(2-4-7)5-8-9(13)15-10(14)12-8/h1-4,8H,5H2,(H,12,14). The van der Waals surface area contributed by atoms with Gasteiger partial charge in [0.1, 0.15) is 11.9 Å². The van der Waals surface area contributed by atoms with Gasteiger partial charge >= 0.3 is 12.1 Å². The third-order valence-corrected chi connectivity index (χ3v) is 2.12. The van der Waals surface area contributed by atoms with Gasteiger partial charge in [-0.25, -0.2) is 14.0 Å². The van der Waals surface area contributed by atoms with Crippen LogP contribution in [0, 0.1) is 5.82 Å². The van der Waals surface area contributed by atoms with Gasteiger partial charge in [0.05, 0.1) is 0 Å². The molecule has 4 nitrogen and oxygen atoms in total. The highest BCUT2D eigenvalue weighted by molar-refractivity contribution is 5.95. The number of carbonyl (C=O) groups excluding carboxylic acids is 2. The van der Waals surface area contributed by atoms with Crippen LogP contribution in [0.15, 0.2) is 24.3 Å². The normalized spacial score (nSPS) is 19.9. The molecule has 15 heavy (non-hydrogen) atoms. The molecule has 78 valence electrons. The molecule has 1 unspecified atom stereocenters. The molecule has 1 aromatic rings. The van der Waals surface area contributed by atoms with Crippen molar-refractivity contribution >= 4 is 12.1 Å². The van der Waals surface area contributed by atoms with Crippen molar-refractivity contribution < 1.29 is 18.7 Å². The fourth-order valence-corrected chi connectivity index (χ4v) is 1.38. The Kier molecular flexibility index (Phi) is 2.37. The fourth-order valence-electron chi connectivity index (χ4n) is 1.38. The summed E-state index contributed by atoms with van der Waals surface area (Å²) in [6.07, 6.45) is -0.419. The van der Waals surface area contributed by atoms with Crippen LogP contribution in [0.2, 0.25) is 0 Å². The van der Waals surface area contributed by atoms with E-state index >= 15 is 0 Å². The van der Waals surface area contributed by atoms with Crippen molar-refractivity contribution in [1.82, 2.24) is 5.32 Å². The first-order valence-electron chi connectivity index (χ1n) is 4.42. The number of rotatable bonds is 2. The minimum atomic E-state index is -0.730. The summed E-state index contributed by atoms with van der Waals surface area (Å²) in [7, 11) is 0. The van der Waals surface area contributed by atoms with Crippen LogP contribution >= 0.6 is 0 Å². The Morgan fingerprint density at radius 3 is 2.47 bits per heavy atom. The summed E-state index contributed by atoms with van der Waals surface area (Å²) in [6, 6.07) is 5.07. The first-order valence-corrected chi connectivity index (χ1v) is 4.42. The quantitative estimate of drug-likeness (QED) is 0.584. The Balaban J connectivity index is 2.06. The maximum atomic E-state index is 12.6. The molecule has 1 atom stereocenters. The molecule has 1 heterocycles. The van der Waals surface area contributed by atoms with E-state index in [9.17, 15) is 14.0 Å². The first kappa shape index (κ1) is 9.64. The molecule has 1 saturated heterocycles. The van der Waals surface area contributed by atoms with Gasteiger partial charge in [-0.1, -0.05) is 12.1 Å². The molecule has 0 aromatic heterocycles. The van der Waals surface area contributed by atoms with Crippen LogP contribution in [0.3, 0.4) is 0 Å². The molecule has 1 aliphatic rings. The van der Waals surface area contributed by atoms with E-state index in [0.717, 1.165) is 5.56 Å². The van der Waals surface area contributed by atoms with Gasteiger partial charge in [0, 0.05) is 6.42 Å². The van der Waals surface area contributed by atoms with Gasteiger partial charge in [0.25, 0.3) is 0 Å². The zero-order valence-corrected chi connectivity index (χ0v) is 7.70. The number of cyclic esters (lactones) is 2. The Morgan fingerprint density at radius 1 is 1.27 bits per heavy atom. The van der Waals surface area contributed by atoms with Crippen molar-refractivity contribution in [2.75, 3.05) is 0 Å². The van der Waals surface area contributed by atoms with Gasteiger partial charge < -0.3 is 10.1 Å². The smallest absolute Gasteiger partial charge is 0.375 e. The van der Waals surface area contributed by atoms with Gasteiger partial charge in [0.15, 0.2) is 0 Å². The Morgan fingerprint density at radius 2 is 1.93 bits per heavy atom. The molecule has 1 fully saturated rings. The van der Waals surface area contributed by atoms with Crippen LogP contribution in [-0.4, -0.2) is 18.1 Å². The van der Waals surface area contributed by atoms with Crippen molar-refractivity contribution in [2.24, 2.45) is 0 Å². The average molecular weight is 209 g/mol. The molecule has 1 aromatic carbocycles. The number of ether oxygens (including phenoxy) is 1. The molecule has 2 rings (SSSR count). The number of halogens is 1. The molecule has 0 bridgehead atoms. The van der Waals surface area contributed by atoms with Gasteiger partial charge in [0.2, 0.25) is 0 Å². The van der Waals surface area contributed by atoms with E-state index in [1.54, 1.807) is 12.1 Å². The van der Waals surface area contributed by atoms with Crippen LogP contribution in [0.4, 0.5) is 9.18 Å². The summed E-state index contributed by atoms with van der Waals surface area (Å²) in [6.45, 7) is 0. The lowest BCUT2D eigenvalue weighted by Crippen LogP contribution is -2.30. The lowest BCUT2D eigenvalue weighted by molar-refractivity contribution is -0.135. The predicted molar refractivity (Wildman–Crippen MR) is 48.5 cm³/mol. The van der Waals surface area contributed by atoms with E-state index in [4.69, 9.17) is 0 Å². The second-order valence-electron chi connectivity index (χ2n) is 3.24. The molecule has 1 N–H and O–H groups in total. The Hall–Kier alpha value is -1.91. The third kappa shape index (κ3) is 2.12. The summed E-state index contributed by atoms with van der Waals surface area (Å²) >= 11 is 0. The first-order chi connectivity index (χ1) is 7.15. The molecule has 5 heteroatoms.